The third kappa shape index (κ3) is 1.88. The summed E-state index contributed by atoms with van der Waals surface area (Å²) in [5.74, 6) is 0. The first-order chi connectivity index (χ1) is 7.36. The first-order valence-corrected chi connectivity index (χ1v) is 5.28. The molecule has 2 rings (SSSR count). The van der Waals surface area contributed by atoms with E-state index >= 15 is 0 Å². The maximum absolute atomic E-state index is 10.9. The first-order valence-electron chi connectivity index (χ1n) is 5.28. The van der Waals surface area contributed by atoms with Gasteiger partial charge in [-0.25, -0.2) is 0 Å². The Morgan fingerprint density at radius 2 is 2.27 bits per heavy atom. The summed E-state index contributed by atoms with van der Waals surface area (Å²) < 4.78 is 0. The van der Waals surface area contributed by atoms with Gasteiger partial charge in [0, 0.05) is 17.8 Å². The average Bonchev–Trinajstić information content (AvgIpc) is 2.76. The number of anilines is 1. The zero-order valence-electron chi connectivity index (χ0n) is 8.60. The quantitative estimate of drug-likeness (QED) is 0.759. The van der Waals surface area contributed by atoms with Gasteiger partial charge in [-0.1, -0.05) is 12.1 Å². The summed E-state index contributed by atoms with van der Waals surface area (Å²) in [5.41, 5.74) is 1.65. The van der Waals surface area contributed by atoms with Crippen molar-refractivity contribution in [1.29, 1.82) is 0 Å². The lowest BCUT2D eigenvalue weighted by molar-refractivity contribution is 0.112. The number of para-hydroxylation sites is 1. The Morgan fingerprint density at radius 1 is 1.47 bits per heavy atom. The molecule has 0 aliphatic carbocycles. The molecular formula is C12H15NO2. The molecule has 0 saturated carbocycles. The van der Waals surface area contributed by atoms with Gasteiger partial charge in [0.25, 0.3) is 0 Å². The molecule has 1 heterocycles. The second-order valence-corrected chi connectivity index (χ2v) is 3.85. The molecule has 0 radical (unpaired) electrons. The number of carbonyl (C=O) groups is 1. The van der Waals surface area contributed by atoms with Crippen molar-refractivity contribution in [3.05, 3.63) is 29.8 Å². The van der Waals surface area contributed by atoms with E-state index in [1.165, 1.54) is 0 Å². The van der Waals surface area contributed by atoms with Gasteiger partial charge in [0.1, 0.15) is 0 Å². The summed E-state index contributed by atoms with van der Waals surface area (Å²) in [5, 5.41) is 9.23. The van der Waals surface area contributed by atoms with Gasteiger partial charge in [-0.3, -0.25) is 4.79 Å². The van der Waals surface area contributed by atoms with E-state index in [-0.39, 0.29) is 12.6 Å². The predicted molar refractivity (Wildman–Crippen MR) is 59.3 cm³/mol. The molecular weight excluding hydrogens is 190 g/mol. The van der Waals surface area contributed by atoms with Crippen molar-refractivity contribution in [2.75, 3.05) is 18.1 Å². The van der Waals surface area contributed by atoms with E-state index in [9.17, 15) is 9.90 Å². The summed E-state index contributed by atoms with van der Waals surface area (Å²) in [4.78, 5) is 13.0. The van der Waals surface area contributed by atoms with Crippen LogP contribution in [0.5, 0.6) is 0 Å². The molecule has 1 N–H and O–H groups in total. The molecule has 3 nitrogen and oxygen atoms in total. The largest absolute Gasteiger partial charge is 0.394 e. The number of nitrogens with zero attached hydrogens (tertiary/aromatic N) is 1. The summed E-state index contributed by atoms with van der Waals surface area (Å²) in [6, 6.07) is 7.71. The summed E-state index contributed by atoms with van der Waals surface area (Å²) in [6.07, 6.45) is 2.96. The van der Waals surface area contributed by atoms with E-state index in [1.54, 1.807) is 0 Å². The van der Waals surface area contributed by atoms with Crippen LogP contribution in [0.4, 0.5) is 5.69 Å². The number of hydrogen-bond donors (Lipinski definition) is 1. The zero-order valence-corrected chi connectivity index (χ0v) is 8.60. The van der Waals surface area contributed by atoms with Crippen LogP contribution in [0.1, 0.15) is 23.2 Å². The smallest absolute Gasteiger partial charge is 0.152 e. The Bertz CT molecular complexity index is 351. The van der Waals surface area contributed by atoms with Crippen molar-refractivity contribution in [2.24, 2.45) is 0 Å². The standard InChI is InChI=1S/C12H15NO2/c14-8-10-4-1-2-6-12(10)13-7-3-5-11(13)9-15/h1-2,4,6,8,11,15H,3,5,7,9H2/t11-/m1/s1. The summed E-state index contributed by atoms with van der Waals surface area (Å²) >= 11 is 0. The minimum Gasteiger partial charge on any atom is -0.394 e. The SMILES string of the molecule is O=Cc1ccccc1N1CCC[C@@H]1CO. The normalized spacial score (nSPS) is 20.6. The topological polar surface area (TPSA) is 40.5 Å². The third-order valence-electron chi connectivity index (χ3n) is 2.96. The van der Waals surface area contributed by atoms with Crippen LogP contribution in [0, 0.1) is 0 Å². The van der Waals surface area contributed by atoms with Crippen LogP contribution in [-0.2, 0) is 0 Å². The lowest BCUT2D eigenvalue weighted by Gasteiger charge is -2.26. The van der Waals surface area contributed by atoms with Crippen molar-refractivity contribution < 1.29 is 9.90 Å². The Kier molecular flexibility index (Phi) is 3.02. The third-order valence-corrected chi connectivity index (χ3v) is 2.96. The van der Waals surface area contributed by atoms with Crippen molar-refractivity contribution in [2.45, 2.75) is 18.9 Å². The molecule has 1 atom stereocenters. The fourth-order valence-corrected chi connectivity index (χ4v) is 2.19. The van der Waals surface area contributed by atoms with Crippen LogP contribution in [0.3, 0.4) is 0 Å². The van der Waals surface area contributed by atoms with Gasteiger partial charge < -0.3 is 10.0 Å². The van der Waals surface area contributed by atoms with Gasteiger partial charge in [-0.05, 0) is 25.0 Å². The Morgan fingerprint density at radius 3 is 3.00 bits per heavy atom. The second kappa shape index (κ2) is 4.45. The second-order valence-electron chi connectivity index (χ2n) is 3.85. The fraction of sp³-hybridized carbons (Fsp3) is 0.417. The zero-order chi connectivity index (χ0) is 10.7. The fourth-order valence-electron chi connectivity index (χ4n) is 2.19. The summed E-state index contributed by atoms with van der Waals surface area (Å²) in [6.45, 7) is 1.09. The molecule has 0 unspecified atom stereocenters. The highest BCUT2D eigenvalue weighted by atomic mass is 16.3. The molecule has 1 saturated heterocycles. The Hall–Kier alpha value is -1.35. The number of benzene rings is 1. The molecule has 1 fully saturated rings. The number of aldehydes is 1. The van der Waals surface area contributed by atoms with E-state index in [1.807, 2.05) is 24.3 Å². The van der Waals surface area contributed by atoms with Gasteiger partial charge >= 0.3 is 0 Å². The molecule has 0 spiro atoms. The maximum atomic E-state index is 10.9. The number of aliphatic hydroxyl groups is 1. The number of carbonyl (C=O) groups excluding carboxylic acids is 1. The van der Waals surface area contributed by atoms with E-state index in [0.717, 1.165) is 31.4 Å². The van der Waals surface area contributed by atoms with Gasteiger partial charge in [0.15, 0.2) is 6.29 Å². The minimum absolute atomic E-state index is 0.160. The van der Waals surface area contributed by atoms with Crippen LogP contribution < -0.4 is 4.90 Å². The van der Waals surface area contributed by atoms with Crippen LogP contribution >= 0.6 is 0 Å². The maximum Gasteiger partial charge on any atom is 0.152 e. The molecule has 0 bridgehead atoms. The van der Waals surface area contributed by atoms with E-state index < -0.39 is 0 Å². The number of aliphatic hydroxyl groups excluding tert-OH is 1. The van der Waals surface area contributed by atoms with Crippen LogP contribution in [0.15, 0.2) is 24.3 Å². The first kappa shape index (κ1) is 10.2. The minimum atomic E-state index is 0.160. The lowest BCUT2D eigenvalue weighted by atomic mass is 10.1. The molecule has 1 aromatic carbocycles. The van der Waals surface area contributed by atoms with Crippen LogP contribution in [0.25, 0.3) is 0 Å². The Balaban J connectivity index is 2.31. The number of hydrogen-bond acceptors (Lipinski definition) is 3. The van der Waals surface area contributed by atoms with Gasteiger partial charge in [-0.2, -0.15) is 0 Å². The molecule has 1 aliphatic heterocycles. The lowest BCUT2D eigenvalue weighted by Crippen LogP contribution is -2.32. The van der Waals surface area contributed by atoms with E-state index in [0.29, 0.717) is 5.56 Å². The van der Waals surface area contributed by atoms with Crippen molar-refractivity contribution in [3.8, 4) is 0 Å². The molecule has 0 amide bonds. The van der Waals surface area contributed by atoms with Crippen LogP contribution in [0.2, 0.25) is 0 Å². The molecule has 1 aromatic rings. The highest BCUT2D eigenvalue weighted by Gasteiger charge is 2.25. The predicted octanol–water partition coefficient (Wildman–Crippen LogP) is 1.46. The van der Waals surface area contributed by atoms with E-state index in [4.69, 9.17) is 0 Å². The van der Waals surface area contributed by atoms with Gasteiger partial charge in [0.2, 0.25) is 0 Å². The van der Waals surface area contributed by atoms with Gasteiger partial charge in [-0.15, -0.1) is 0 Å². The van der Waals surface area contributed by atoms with E-state index in [2.05, 4.69) is 4.90 Å². The van der Waals surface area contributed by atoms with Crippen molar-refractivity contribution >= 4 is 12.0 Å². The molecule has 0 aromatic heterocycles. The molecule has 3 heteroatoms. The summed E-state index contributed by atoms with van der Waals surface area (Å²) in [7, 11) is 0. The monoisotopic (exact) mass is 205 g/mol. The van der Waals surface area contributed by atoms with Crippen molar-refractivity contribution in [3.63, 3.8) is 0 Å². The van der Waals surface area contributed by atoms with Gasteiger partial charge in [0.05, 0.1) is 12.6 Å². The Labute approximate surface area is 89.3 Å². The molecule has 80 valence electrons. The van der Waals surface area contributed by atoms with Crippen LogP contribution in [-0.4, -0.2) is 30.6 Å². The molecule has 15 heavy (non-hydrogen) atoms. The number of rotatable bonds is 3. The highest BCUT2D eigenvalue weighted by molar-refractivity contribution is 5.84. The average molecular weight is 205 g/mol. The van der Waals surface area contributed by atoms with Crippen molar-refractivity contribution in [1.82, 2.24) is 0 Å². The highest BCUT2D eigenvalue weighted by Crippen LogP contribution is 2.27. The molecule has 1 aliphatic rings.